The van der Waals surface area contributed by atoms with Gasteiger partial charge in [-0.1, -0.05) is 0 Å². The number of hydrogen-bond donors (Lipinski definition) is 2. The van der Waals surface area contributed by atoms with Gasteiger partial charge in [-0.25, -0.2) is 0 Å². The quantitative estimate of drug-likeness (QED) is 0.580. The van der Waals surface area contributed by atoms with E-state index in [-0.39, 0.29) is 5.56 Å². The summed E-state index contributed by atoms with van der Waals surface area (Å²) in [6, 6.07) is 1.55. The Kier molecular flexibility index (Phi) is 1.91. The van der Waals surface area contributed by atoms with Crippen molar-refractivity contribution >= 4 is 0 Å². The maximum absolute atomic E-state index is 10.9. The molecule has 0 fully saturated rings. The third-order valence-electron chi connectivity index (χ3n) is 1.27. The van der Waals surface area contributed by atoms with Gasteiger partial charge in [0.25, 0.3) is 5.56 Å². The molecule has 10 heavy (non-hydrogen) atoms. The van der Waals surface area contributed by atoms with Gasteiger partial charge in [0, 0.05) is 18.3 Å². The summed E-state index contributed by atoms with van der Waals surface area (Å²) in [5.41, 5.74) is 6.12. The van der Waals surface area contributed by atoms with Crippen molar-refractivity contribution in [1.29, 1.82) is 0 Å². The highest BCUT2D eigenvalue weighted by Crippen LogP contribution is 1.83. The minimum atomic E-state index is -0.0112. The van der Waals surface area contributed by atoms with E-state index in [1.165, 1.54) is 4.68 Å². The number of nitrogens with two attached hydrogens (primary N) is 1. The molecule has 1 aromatic heterocycles. The lowest BCUT2D eigenvalue weighted by atomic mass is 10.5. The molecule has 0 aliphatic rings. The van der Waals surface area contributed by atoms with E-state index in [0.717, 1.165) is 5.69 Å². The smallest absolute Gasteiger partial charge is 0.266 e. The Hall–Kier alpha value is -1.03. The molecule has 4 heteroatoms. The first kappa shape index (κ1) is 7.08. The lowest BCUT2D eigenvalue weighted by Crippen LogP contribution is -2.20. The molecule has 0 bridgehead atoms. The molecule has 1 aromatic rings. The SMILES string of the molecule is Cc1cc(=O)n(CCN)[nH]1. The zero-order chi connectivity index (χ0) is 7.56. The molecule has 3 N–H and O–H groups in total. The number of rotatable bonds is 2. The second kappa shape index (κ2) is 2.70. The Bertz CT molecular complexity index is 260. The van der Waals surface area contributed by atoms with Gasteiger partial charge in [0.05, 0.1) is 6.54 Å². The van der Waals surface area contributed by atoms with Gasteiger partial charge >= 0.3 is 0 Å². The summed E-state index contributed by atoms with van der Waals surface area (Å²) >= 11 is 0. The molecule has 0 amide bonds. The summed E-state index contributed by atoms with van der Waals surface area (Å²) in [4.78, 5) is 10.9. The van der Waals surface area contributed by atoms with Crippen LogP contribution in [0.4, 0.5) is 0 Å². The molecule has 0 aliphatic carbocycles. The van der Waals surface area contributed by atoms with E-state index in [0.29, 0.717) is 13.1 Å². The molecule has 0 unspecified atom stereocenters. The van der Waals surface area contributed by atoms with Gasteiger partial charge in [0.2, 0.25) is 0 Å². The van der Waals surface area contributed by atoms with Crippen LogP contribution < -0.4 is 11.3 Å². The Morgan fingerprint density at radius 3 is 2.90 bits per heavy atom. The summed E-state index contributed by atoms with van der Waals surface area (Å²) in [6.45, 7) is 2.89. The minimum Gasteiger partial charge on any atom is -0.329 e. The van der Waals surface area contributed by atoms with Crippen molar-refractivity contribution < 1.29 is 0 Å². The van der Waals surface area contributed by atoms with E-state index in [9.17, 15) is 4.79 Å². The first-order valence-electron chi connectivity index (χ1n) is 3.20. The molecule has 0 atom stereocenters. The maximum atomic E-state index is 10.9. The summed E-state index contributed by atoms with van der Waals surface area (Å²) in [6.07, 6.45) is 0. The van der Waals surface area contributed by atoms with Crippen LogP contribution in [0.15, 0.2) is 10.9 Å². The topological polar surface area (TPSA) is 63.8 Å². The fourth-order valence-corrected chi connectivity index (χ4v) is 0.859. The second-order valence-electron chi connectivity index (χ2n) is 2.22. The number of hydrogen-bond acceptors (Lipinski definition) is 2. The zero-order valence-corrected chi connectivity index (χ0v) is 5.92. The Morgan fingerprint density at radius 2 is 2.50 bits per heavy atom. The summed E-state index contributed by atoms with van der Waals surface area (Å²) < 4.78 is 1.50. The Morgan fingerprint density at radius 1 is 1.80 bits per heavy atom. The van der Waals surface area contributed by atoms with Gasteiger partial charge < -0.3 is 5.73 Å². The average molecular weight is 141 g/mol. The number of aryl methyl sites for hydroxylation is 1. The first-order valence-corrected chi connectivity index (χ1v) is 3.20. The maximum Gasteiger partial charge on any atom is 0.266 e. The number of aromatic amines is 1. The van der Waals surface area contributed by atoms with Crippen LogP contribution in [-0.2, 0) is 6.54 Å². The van der Waals surface area contributed by atoms with E-state index >= 15 is 0 Å². The molecule has 0 saturated carbocycles. The van der Waals surface area contributed by atoms with E-state index in [1.807, 2.05) is 6.92 Å². The third-order valence-corrected chi connectivity index (χ3v) is 1.27. The molecule has 0 saturated heterocycles. The Labute approximate surface area is 58.6 Å². The Balaban J connectivity index is 2.92. The van der Waals surface area contributed by atoms with Crippen molar-refractivity contribution in [2.45, 2.75) is 13.5 Å². The zero-order valence-electron chi connectivity index (χ0n) is 5.92. The van der Waals surface area contributed by atoms with Gasteiger partial charge in [-0.3, -0.25) is 14.6 Å². The van der Waals surface area contributed by atoms with E-state index in [1.54, 1.807) is 6.07 Å². The summed E-state index contributed by atoms with van der Waals surface area (Å²) in [7, 11) is 0. The van der Waals surface area contributed by atoms with Crippen molar-refractivity contribution in [2.24, 2.45) is 5.73 Å². The monoisotopic (exact) mass is 141 g/mol. The minimum absolute atomic E-state index is 0.0112. The van der Waals surface area contributed by atoms with Crippen molar-refractivity contribution in [3.63, 3.8) is 0 Å². The van der Waals surface area contributed by atoms with Crippen LogP contribution in [0.2, 0.25) is 0 Å². The predicted molar refractivity (Wildman–Crippen MR) is 38.8 cm³/mol. The van der Waals surface area contributed by atoms with Crippen molar-refractivity contribution in [2.75, 3.05) is 6.54 Å². The molecular weight excluding hydrogens is 130 g/mol. The average Bonchev–Trinajstić information content (AvgIpc) is 2.13. The highest BCUT2D eigenvalue weighted by Gasteiger charge is 1.95. The van der Waals surface area contributed by atoms with Crippen molar-refractivity contribution in [3.8, 4) is 0 Å². The lowest BCUT2D eigenvalue weighted by Gasteiger charge is -1.95. The van der Waals surface area contributed by atoms with E-state index < -0.39 is 0 Å². The summed E-state index contributed by atoms with van der Waals surface area (Å²) in [5, 5.41) is 2.87. The van der Waals surface area contributed by atoms with Crippen molar-refractivity contribution in [1.82, 2.24) is 9.78 Å². The number of aromatic nitrogens is 2. The van der Waals surface area contributed by atoms with Gasteiger partial charge in [-0.15, -0.1) is 0 Å². The molecule has 56 valence electrons. The third kappa shape index (κ3) is 1.27. The highest BCUT2D eigenvalue weighted by molar-refractivity contribution is 4.95. The van der Waals surface area contributed by atoms with Gasteiger partial charge in [-0.2, -0.15) is 0 Å². The molecule has 0 spiro atoms. The number of nitrogens with one attached hydrogen (secondary N) is 1. The van der Waals surface area contributed by atoms with Crippen LogP contribution in [-0.4, -0.2) is 16.3 Å². The second-order valence-corrected chi connectivity index (χ2v) is 2.22. The van der Waals surface area contributed by atoms with Crippen LogP contribution >= 0.6 is 0 Å². The van der Waals surface area contributed by atoms with Crippen LogP contribution in [0.5, 0.6) is 0 Å². The van der Waals surface area contributed by atoms with Crippen LogP contribution in [0.3, 0.4) is 0 Å². The molecule has 1 heterocycles. The fourth-order valence-electron chi connectivity index (χ4n) is 0.859. The summed E-state index contributed by atoms with van der Waals surface area (Å²) in [5.74, 6) is 0. The molecule has 0 aromatic carbocycles. The lowest BCUT2D eigenvalue weighted by molar-refractivity contribution is 0.602. The molecule has 1 rings (SSSR count). The van der Waals surface area contributed by atoms with E-state index in [4.69, 9.17) is 5.73 Å². The largest absolute Gasteiger partial charge is 0.329 e. The van der Waals surface area contributed by atoms with Crippen LogP contribution in [0, 0.1) is 6.92 Å². The molecule has 4 nitrogen and oxygen atoms in total. The van der Waals surface area contributed by atoms with Gasteiger partial charge in [0.15, 0.2) is 0 Å². The first-order chi connectivity index (χ1) is 4.74. The highest BCUT2D eigenvalue weighted by atomic mass is 16.1. The number of nitrogens with zero attached hydrogens (tertiary/aromatic N) is 1. The van der Waals surface area contributed by atoms with Crippen LogP contribution in [0.1, 0.15) is 5.69 Å². The number of H-pyrrole nitrogens is 1. The van der Waals surface area contributed by atoms with Gasteiger partial charge in [-0.05, 0) is 6.92 Å². The normalized spacial score (nSPS) is 10.2. The van der Waals surface area contributed by atoms with Crippen LogP contribution in [0.25, 0.3) is 0 Å². The fraction of sp³-hybridized carbons (Fsp3) is 0.500. The molecular formula is C6H11N3O. The van der Waals surface area contributed by atoms with Gasteiger partial charge in [0.1, 0.15) is 0 Å². The van der Waals surface area contributed by atoms with E-state index in [2.05, 4.69) is 5.10 Å². The molecule has 0 radical (unpaired) electrons. The predicted octanol–water partition coefficient (Wildman–Crippen LogP) is -0.556. The van der Waals surface area contributed by atoms with Crippen molar-refractivity contribution in [3.05, 3.63) is 22.1 Å². The standard InChI is InChI=1S/C6H11N3O/c1-5-4-6(10)9(8-5)3-2-7/h4,8H,2-3,7H2,1H3. The molecule has 0 aliphatic heterocycles.